The first-order chi connectivity index (χ1) is 7.58. The lowest BCUT2D eigenvalue weighted by Crippen LogP contribution is -2.46. The molecule has 8 heteroatoms. The molecule has 0 unspecified atom stereocenters. The van der Waals surface area contributed by atoms with E-state index in [9.17, 15) is 9.59 Å². The highest BCUT2D eigenvalue weighted by Gasteiger charge is 2.48. The molecule has 90 valence electrons. The molecule has 8 nitrogen and oxygen atoms in total. The maximum absolute atomic E-state index is 10.5. The van der Waals surface area contributed by atoms with Crippen LogP contribution < -0.4 is 10.6 Å². The Morgan fingerprint density at radius 1 is 0.938 bits per heavy atom. The predicted octanol–water partition coefficient (Wildman–Crippen LogP) is -0.944. The largest absolute Gasteiger partial charge is 0.465 e. The van der Waals surface area contributed by atoms with E-state index >= 15 is 0 Å². The fourth-order valence-corrected chi connectivity index (χ4v) is 2.06. The van der Waals surface area contributed by atoms with Crippen LogP contribution in [-0.4, -0.2) is 59.9 Å². The fraction of sp³-hybridized carbons (Fsp3) is 0.750. The monoisotopic (exact) mass is 232 g/mol. The van der Waals surface area contributed by atoms with E-state index in [1.807, 2.05) is 0 Å². The molecule has 0 aromatic carbocycles. The lowest BCUT2D eigenvalue weighted by molar-refractivity contribution is 0.0654. The Kier molecular flexibility index (Phi) is 2.84. The Balaban J connectivity index is 1.95. The van der Waals surface area contributed by atoms with Gasteiger partial charge < -0.3 is 30.3 Å². The molecule has 0 saturated carbocycles. The standard InChI is InChI=1S/C8H12N2O6/c11-7(12)9-3-1-15-6-4(10-8(13)14)2-16-5(3)6/h3-6,9-10H,1-2H2,(H,11,12)(H,13,14)/t3-,4-,5+,6+/m0/s1. The van der Waals surface area contributed by atoms with Gasteiger partial charge in [-0.3, -0.25) is 0 Å². The quantitative estimate of drug-likeness (QED) is 0.488. The van der Waals surface area contributed by atoms with E-state index in [1.165, 1.54) is 0 Å². The number of fused-ring (bicyclic) bond motifs is 1. The lowest BCUT2D eigenvalue weighted by atomic mass is 10.1. The number of carboxylic acid groups (broad SMARTS) is 2. The van der Waals surface area contributed by atoms with Crippen LogP contribution in [-0.2, 0) is 9.47 Å². The van der Waals surface area contributed by atoms with E-state index < -0.39 is 36.5 Å². The van der Waals surface area contributed by atoms with Crippen molar-refractivity contribution in [2.75, 3.05) is 13.2 Å². The van der Waals surface area contributed by atoms with Crippen LogP contribution >= 0.6 is 0 Å². The molecule has 16 heavy (non-hydrogen) atoms. The Hall–Kier alpha value is -1.54. The highest BCUT2D eigenvalue weighted by molar-refractivity contribution is 5.65. The smallest absolute Gasteiger partial charge is 0.405 e. The highest BCUT2D eigenvalue weighted by atomic mass is 16.6. The maximum atomic E-state index is 10.5. The third-order valence-corrected chi connectivity index (χ3v) is 2.67. The third kappa shape index (κ3) is 2.02. The second-order valence-corrected chi connectivity index (χ2v) is 3.71. The minimum Gasteiger partial charge on any atom is -0.465 e. The van der Waals surface area contributed by atoms with E-state index in [4.69, 9.17) is 19.7 Å². The first-order valence-corrected chi connectivity index (χ1v) is 4.80. The van der Waals surface area contributed by atoms with Gasteiger partial charge in [0.15, 0.2) is 0 Å². The molecule has 2 aliphatic rings. The molecule has 2 heterocycles. The summed E-state index contributed by atoms with van der Waals surface area (Å²) < 4.78 is 10.7. The minimum atomic E-state index is -1.15. The summed E-state index contributed by atoms with van der Waals surface area (Å²) in [5.41, 5.74) is 0. The van der Waals surface area contributed by atoms with Gasteiger partial charge in [-0.15, -0.1) is 0 Å². The lowest BCUT2D eigenvalue weighted by Gasteiger charge is -2.16. The average molecular weight is 232 g/mol. The van der Waals surface area contributed by atoms with E-state index in [2.05, 4.69) is 10.6 Å². The average Bonchev–Trinajstić information content (AvgIpc) is 2.70. The molecule has 2 aliphatic heterocycles. The Bertz CT molecular complexity index is 279. The van der Waals surface area contributed by atoms with Crippen molar-refractivity contribution in [1.29, 1.82) is 0 Å². The molecule has 2 rings (SSSR count). The Labute approximate surface area is 90.5 Å². The van der Waals surface area contributed by atoms with Gasteiger partial charge in [-0.25, -0.2) is 9.59 Å². The molecule has 4 atom stereocenters. The van der Waals surface area contributed by atoms with Crippen LogP contribution in [0.2, 0.25) is 0 Å². The summed E-state index contributed by atoms with van der Waals surface area (Å²) in [6.45, 7) is 0.388. The van der Waals surface area contributed by atoms with Gasteiger partial charge in [0.2, 0.25) is 0 Å². The van der Waals surface area contributed by atoms with Gasteiger partial charge in [-0.05, 0) is 0 Å². The summed E-state index contributed by atoms with van der Waals surface area (Å²) in [5.74, 6) is 0. The summed E-state index contributed by atoms with van der Waals surface area (Å²) in [7, 11) is 0. The molecule has 0 aromatic heterocycles. The van der Waals surface area contributed by atoms with Crippen molar-refractivity contribution < 1.29 is 29.3 Å². The molecule has 0 radical (unpaired) electrons. The topological polar surface area (TPSA) is 117 Å². The van der Waals surface area contributed by atoms with Crippen LogP contribution in [0.5, 0.6) is 0 Å². The molecule has 0 aromatic rings. The molecule has 4 N–H and O–H groups in total. The first kappa shape index (κ1) is 11.0. The van der Waals surface area contributed by atoms with Crippen LogP contribution in [0.3, 0.4) is 0 Å². The van der Waals surface area contributed by atoms with Crippen molar-refractivity contribution in [3.05, 3.63) is 0 Å². The maximum Gasteiger partial charge on any atom is 0.405 e. The number of rotatable bonds is 2. The van der Waals surface area contributed by atoms with E-state index in [-0.39, 0.29) is 13.2 Å². The van der Waals surface area contributed by atoms with Gasteiger partial charge in [0, 0.05) is 0 Å². The number of nitrogens with one attached hydrogen (secondary N) is 2. The number of carbonyl (C=O) groups is 2. The summed E-state index contributed by atoms with van der Waals surface area (Å²) in [6.07, 6.45) is -3.14. The molecular weight excluding hydrogens is 220 g/mol. The first-order valence-electron chi connectivity index (χ1n) is 4.80. The summed E-state index contributed by atoms with van der Waals surface area (Å²) in [5, 5.41) is 21.7. The van der Waals surface area contributed by atoms with E-state index in [0.717, 1.165) is 0 Å². The van der Waals surface area contributed by atoms with E-state index in [0.29, 0.717) is 0 Å². The van der Waals surface area contributed by atoms with Crippen molar-refractivity contribution in [3.8, 4) is 0 Å². The zero-order valence-electron chi connectivity index (χ0n) is 8.25. The highest BCUT2D eigenvalue weighted by Crippen LogP contribution is 2.26. The summed E-state index contributed by atoms with van der Waals surface area (Å²) in [4.78, 5) is 20.9. The SMILES string of the molecule is O=C(O)N[C@H]1CO[C@H]2[C@@H]1OC[C@@H]2NC(=O)O. The third-order valence-electron chi connectivity index (χ3n) is 2.67. The summed E-state index contributed by atoms with van der Waals surface area (Å²) >= 11 is 0. The van der Waals surface area contributed by atoms with Crippen LogP contribution in [0.4, 0.5) is 9.59 Å². The molecule has 0 spiro atoms. The van der Waals surface area contributed by atoms with Gasteiger partial charge in [-0.1, -0.05) is 0 Å². The predicted molar refractivity (Wildman–Crippen MR) is 49.4 cm³/mol. The normalized spacial score (nSPS) is 36.8. The van der Waals surface area contributed by atoms with Gasteiger partial charge in [-0.2, -0.15) is 0 Å². The Morgan fingerprint density at radius 2 is 1.31 bits per heavy atom. The van der Waals surface area contributed by atoms with Crippen LogP contribution in [0, 0.1) is 0 Å². The van der Waals surface area contributed by atoms with Crippen LogP contribution in [0.1, 0.15) is 0 Å². The number of ether oxygens (including phenoxy) is 2. The molecule has 2 amide bonds. The fourth-order valence-electron chi connectivity index (χ4n) is 2.06. The van der Waals surface area contributed by atoms with Crippen molar-refractivity contribution in [2.45, 2.75) is 24.3 Å². The van der Waals surface area contributed by atoms with Crippen LogP contribution in [0.15, 0.2) is 0 Å². The van der Waals surface area contributed by atoms with E-state index in [1.54, 1.807) is 0 Å². The molecular formula is C8H12N2O6. The van der Waals surface area contributed by atoms with Crippen molar-refractivity contribution >= 4 is 12.2 Å². The molecule has 0 bridgehead atoms. The van der Waals surface area contributed by atoms with Gasteiger partial charge >= 0.3 is 12.2 Å². The molecule has 2 fully saturated rings. The second kappa shape index (κ2) is 4.14. The number of hydrogen-bond donors (Lipinski definition) is 4. The Morgan fingerprint density at radius 3 is 1.62 bits per heavy atom. The van der Waals surface area contributed by atoms with Crippen LogP contribution in [0.25, 0.3) is 0 Å². The zero-order valence-corrected chi connectivity index (χ0v) is 8.25. The number of amides is 2. The van der Waals surface area contributed by atoms with Gasteiger partial charge in [0.25, 0.3) is 0 Å². The van der Waals surface area contributed by atoms with Gasteiger partial charge in [0.05, 0.1) is 25.3 Å². The minimum absolute atomic E-state index is 0.194. The second-order valence-electron chi connectivity index (χ2n) is 3.71. The summed E-state index contributed by atoms with van der Waals surface area (Å²) in [6, 6.07) is -0.883. The molecule has 2 saturated heterocycles. The van der Waals surface area contributed by atoms with Crippen molar-refractivity contribution in [2.24, 2.45) is 0 Å². The molecule has 0 aliphatic carbocycles. The van der Waals surface area contributed by atoms with Crippen molar-refractivity contribution in [3.63, 3.8) is 0 Å². The number of hydrogen-bond acceptors (Lipinski definition) is 4. The van der Waals surface area contributed by atoms with Crippen molar-refractivity contribution in [1.82, 2.24) is 10.6 Å². The van der Waals surface area contributed by atoms with Gasteiger partial charge in [0.1, 0.15) is 12.2 Å². The zero-order chi connectivity index (χ0) is 11.7.